The van der Waals surface area contributed by atoms with E-state index < -0.39 is 0 Å². The van der Waals surface area contributed by atoms with Crippen LogP contribution < -0.4 is 10.6 Å². The third-order valence-electron chi connectivity index (χ3n) is 2.79. The van der Waals surface area contributed by atoms with E-state index in [1.165, 1.54) is 0 Å². The number of pyridine rings is 1. The summed E-state index contributed by atoms with van der Waals surface area (Å²) in [5, 5.41) is 6.04. The lowest BCUT2D eigenvalue weighted by molar-refractivity contribution is 0.0952. The van der Waals surface area contributed by atoms with Crippen LogP contribution in [-0.4, -0.2) is 33.5 Å². The van der Waals surface area contributed by atoms with Gasteiger partial charge in [0.1, 0.15) is 5.82 Å². The molecule has 2 aromatic rings. The van der Waals surface area contributed by atoms with E-state index in [2.05, 4.69) is 27.5 Å². The summed E-state index contributed by atoms with van der Waals surface area (Å²) in [4.78, 5) is 20.1. The Morgan fingerprint density at radius 2 is 2.25 bits per heavy atom. The maximum atomic E-state index is 12.0. The smallest absolute Gasteiger partial charge is 0.251 e. The molecule has 0 bridgehead atoms. The van der Waals surface area contributed by atoms with Gasteiger partial charge in [-0.15, -0.1) is 0 Å². The fourth-order valence-electron chi connectivity index (χ4n) is 1.74. The van der Waals surface area contributed by atoms with Crippen molar-refractivity contribution in [3.63, 3.8) is 0 Å². The number of hydrogen-bond donors (Lipinski definition) is 2. The maximum Gasteiger partial charge on any atom is 0.251 e. The van der Waals surface area contributed by atoms with Crippen molar-refractivity contribution >= 4 is 11.7 Å². The molecule has 6 nitrogen and oxygen atoms in total. The number of carbonyl (C=O) groups is 1. The van der Waals surface area contributed by atoms with E-state index in [-0.39, 0.29) is 5.91 Å². The van der Waals surface area contributed by atoms with Crippen LogP contribution in [-0.2, 0) is 6.54 Å². The molecular formula is C14H19N5O. The first-order valence-electron chi connectivity index (χ1n) is 6.73. The molecule has 2 heterocycles. The first kappa shape index (κ1) is 14.0. The molecule has 0 saturated heterocycles. The summed E-state index contributed by atoms with van der Waals surface area (Å²) >= 11 is 0. The minimum absolute atomic E-state index is 0.0907. The zero-order valence-corrected chi connectivity index (χ0v) is 11.5. The van der Waals surface area contributed by atoms with Crippen LogP contribution in [0.3, 0.4) is 0 Å². The van der Waals surface area contributed by atoms with E-state index in [0.29, 0.717) is 18.7 Å². The number of amides is 1. The van der Waals surface area contributed by atoms with Gasteiger partial charge in [-0.3, -0.25) is 4.79 Å². The lowest BCUT2D eigenvalue weighted by atomic mass is 10.2. The van der Waals surface area contributed by atoms with E-state index in [4.69, 9.17) is 0 Å². The molecule has 2 N–H and O–H groups in total. The summed E-state index contributed by atoms with van der Waals surface area (Å²) in [5.41, 5.74) is 0.615. The van der Waals surface area contributed by atoms with Gasteiger partial charge in [-0.05, 0) is 18.6 Å². The molecule has 0 aliphatic rings. The minimum Gasteiger partial charge on any atom is -0.370 e. The number of imidazole rings is 1. The van der Waals surface area contributed by atoms with Gasteiger partial charge in [-0.2, -0.15) is 0 Å². The van der Waals surface area contributed by atoms with Crippen LogP contribution in [0.1, 0.15) is 23.7 Å². The van der Waals surface area contributed by atoms with Crippen LogP contribution >= 0.6 is 0 Å². The standard InChI is InChI=1S/C14H19N5O/c1-2-4-16-13-10-12(3-5-17-13)14(20)18-7-9-19-8-6-15-11-19/h3,5-6,8,10-11H,2,4,7,9H2,1H3,(H,16,17)(H,18,20). The maximum absolute atomic E-state index is 12.0. The van der Waals surface area contributed by atoms with Gasteiger partial charge >= 0.3 is 0 Å². The van der Waals surface area contributed by atoms with Gasteiger partial charge in [0.15, 0.2) is 0 Å². The predicted molar refractivity (Wildman–Crippen MR) is 77.6 cm³/mol. The van der Waals surface area contributed by atoms with Crippen LogP contribution in [0.2, 0.25) is 0 Å². The van der Waals surface area contributed by atoms with Crippen molar-refractivity contribution in [1.82, 2.24) is 19.9 Å². The molecule has 0 radical (unpaired) electrons. The van der Waals surface area contributed by atoms with Gasteiger partial charge in [-0.25, -0.2) is 9.97 Å². The number of hydrogen-bond acceptors (Lipinski definition) is 4. The highest BCUT2D eigenvalue weighted by molar-refractivity contribution is 5.94. The Labute approximate surface area is 118 Å². The lowest BCUT2D eigenvalue weighted by Gasteiger charge is -2.08. The summed E-state index contributed by atoms with van der Waals surface area (Å²) in [6.45, 7) is 4.20. The van der Waals surface area contributed by atoms with Crippen LogP contribution in [0.5, 0.6) is 0 Å². The highest BCUT2D eigenvalue weighted by Gasteiger charge is 2.06. The largest absolute Gasteiger partial charge is 0.370 e. The molecule has 0 unspecified atom stereocenters. The monoisotopic (exact) mass is 273 g/mol. The highest BCUT2D eigenvalue weighted by Crippen LogP contribution is 2.06. The Hall–Kier alpha value is -2.37. The van der Waals surface area contributed by atoms with Gasteiger partial charge in [0.2, 0.25) is 0 Å². The number of nitrogens with zero attached hydrogens (tertiary/aromatic N) is 3. The summed E-state index contributed by atoms with van der Waals surface area (Å²) in [5.74, 6) is 0.640. The first-order valence-corrected chi connectivity index (χ1v) is 6.73. The molecule has 0 spiro atoms. The zero-order valence-electron chi connectivity index (χ0n) is 11.5. The number of nitrogens with one attached hydrogen (secondary N) is 2. The second kappa shape index (κ2) is 7.28. The number of carbonyl (C=O) groups excluding carboxylic acids is 1. The van der Waals surface area contributed by atoms with Crippen molar-refractivity contribution in [2.45, 2.75) is 19.9 Å². The Kier molecular flexibility index (Phi) is 5.11. The average Bonchev–Trinajstić information content (AvgIpc) is 2.98. The summed E-state index contributed by atoms with van der Waals surface area (Å²) in [6.07, 6.45) is 7.97. The molecule has 0 aliphatic carbocycles. The zero-order chi connectivity index (χ0) is 14.2. The molecule has 0 saturated carbocycles. The third-order valence-corrected chi connectivity index (χ3v) is 2.79. The molecule has 0 fully saturated rings. The van der Waals surface area contributed by atoms with Crippen LogP contribution in [0.15, 0.2) is 37.1 Å². The normalized spacial score (nSPS) is 10.2. The predicted octanol–water partition coefficient (Wildman–Crippen LogP) is 1.53. The molecule has 106 valence electrons. The highest BCUT2D eigenvalue weighted by atomic mass is 16.1. The molecule has 0 aromatic carbocycles. The molecule has 20 heavy (non-hydrogen) atoms. The average molecular weight is 273 g/mol. The molecule has 6 heteroatoms. The second-order valence-electron chi connectivity index (χ2n) is 4.41. The van der Waals surface area contributed by atoms with Crippen molar-refractivity contribution in [2.24, 2.45) is 0 Å². The number of anilines is 1. The second-order valence-corrected chi connectivity index (χ2v) is 4.41. The Morgan fingerprint density at radius 1 is 1.35 bits per heavy atom. The van der Waals surface area contributed by atoms with Gasteiger partial charge in [0.05, 0.1) is 6.33 Å². The van der Waals surface area contributed by atoms with Gasteiger partial charge in [0.25, 0.3) is 5.91 Å². The molecule has 1 amide bonds. The van der Waals surface area contributed by atoms with E-state index in [1.807, 2.05) is 10.8 Å². The van der Waals surface area contributed by atoms with Crippen LogP contribution in [0.25, 0.3) is 0 Å². The fourth-order valence-corrected chi connectivity index (χ4v) is 1.74. The first-order chi connectivity index (χ1) is 9.79. The number of rotatable bonds is 7. The third kappa shape index (κ3) is 4.08. The van der Waals surface area contributed by atoms with Crippen LogP contribution in [0.4, 0.5) is 5.82 Å². The van der Waals surface area contributed by atoms with Crippen molar-refractivity contribution in [2.75, 3.05) is 18.4 Å². The quantitative estimate of drug-likeness (QED) is 0.802. The van der Waals surface area contributed by atoms with E-state index in [0.717, 1.165) is 18.8 Å². The Bertz CT molecular complexity index is 538. The van der Waals surface area contributed by atoms with Gasteiger partial charge in [0, 0.05) is 43.8 Å². The van der Waals surface area contributed by atoms with Crippen molar-refractivity contribution in [1.29, 1.82) is 0 Å². The lowest BCUT2D eigenvalue weighted by Crippen LogP contribution is -2.27. The van der Waals surface area contributed by atoms with Crippen molar-refractivity contribution in [3.05, 3.63) is 42.6 Å². The summed E-state index contributed by atoms with van der Waals surface area (Å²) < 4.78 is 1.92. The Morgan fingerprint density at radius 3 is 3.00 bits per heavy atom. The molecule has 2 rings (SSSR count). The van der Waals surface area contributed by atoms with E-state index in [9.17, 15) is 4.79 Å². The van der Waals surface area contributed by atoms with Crippen molar-refractivity contribution < 1.29 is 4.79 Å². The molecular weight excluding hydrogens is 254 g/mol. The van der Waals surface area contributed by atoms with Crippen LogP contribution in [0, 0.1) is 0 Å². The number of aromatic nitrogens is 3. The topological polar surface area (TPSA) is 71.8 Å². The van der Waals surface area contributed by atoms with Gasteiger partial charge in [-0.1, -0.05) is 6.92 Å². The summed E-state index contributed by atoms with van der Waals surface area (Å²) in [7, 11) is 0. The van der Waals surface area contributed by atoms with Crippen molar-refractivity contribution in [3.8, 4) is 0 Å². The van der Waals surface area contributed by atoms with E-state index >= 15 is 0 Å². The SMILES string of the molecule is CCCNc1cc(C(=O)NCCn2ccnc2)ccn1. The minimum atomic E-state index is -0.0907. The molecule has 0 aliphatic heterocycles. The Balaban J connectivity index is 1.85. The molecule has 0 atom stereocenters. The molecule has 2 aromatic heterocycles. The van der Waals surface area contributed by atoms with E-state index in [1.54, 1.807) is 30.9 Å². The summed E-state index contributed by atoms with van der Waals surface area (Å²) in [6, 6.07) is 3.48. The fraction of sp³-hybridized carbons (Fsp3) is 0.357. The van der Waals surface area contributed by atoms with Gasteiger partial charge < -0.3 is 15.2 Å².